The van der Waals surface area contributed by atoms with Crippen LogP contribution in [-0.4, -0.2) is 11.8 Å². The Bertz CT molecular complexity index is 542. The lowest BCUT2D eigenvalue weighted by atomic mass is 9.56. The number of carbonyl (C=O) groups is 2. The van der Waals surface area contributed by atoms with Crippen molar-refractivity contribution >= 4 is 11.8 Å². The van der Waals surface area contributed by atoms with E-state index in [2.05, 4.69) is 19.2 Å². The van der Waals surface area contributed by atoms with Crippen molar-refractivity contribution in [3.63, 3.8) is 0 Å². The first-order valence-electron chi connectivity index (χ1n) is 7.89. The van der Waals surface area contributed by atoms with E-state index in [-0.39, 0.29) is 23.1 Å². The summed E-state index contributed by atoms with van der Waals surface area (Å²) in [6.45, 7) is 4.49. The van der Waals surface area contributed by atoms with Crippen LogP contribution in [0.1, 0.15) is 51.0 Å². The maximum absolute atomic E-state index is 12.6. The van der Waals surface area contributed by atoms with Gasteiger partial charge in [-0.3, -0.25) is 14.9 Å². The lowest BCUT2D eigenvalue weighted by molar-refractivity contribution is -0.142. The van der Waals surface area contributed by atoms with Crippen molar-refractivity contribution in [3.05, 3.63) is 35.9 Å². The smallest absolute Gasteiger partial charge is 0.234 e. The number of nitrogens with one attached hydrogen (secondary N) is 1. The quantitative estimate of drug-likeness (QED) is 0.805. The summed E-state index contributed by atoms with van der Waals surface area (Å²) >= 11 is 0. The zero-order valence-corrected chi connectivity index (χ0v) is 12.8. The Morgan fingerprint density at radius 1 is 1.05 bits per heavy atom. The molecule has 1 aliphatic heterocycles. The predicted molar refractivity (Wildman–Crippen MR) is 81.6 cm³/mol. The fraction of sp³-hybridized carbons (Fsp3) is 0.556. The van der Waals surface area contributed by atoms with Crippen LogP contribution in [0.25, 0.3) is 0 Å². The molecule has 0 aromatic heterocycles. The van der Waals surface area contributed by atoms with Crippen LogP contribution < -0.4 is 5.32 Å². The van der Waals surface area contributed by atoms with Gasteiger partial charge in [-0.05, 0) is 42.1 Å². The monoisotopic (exact) mass is 285 g/mol. The second-order valence-corrected chi connectivity index (χ2v) is 7.15. The molecule has 1 heterocycles. The molecule has 1 aliphatic carbocycles. The van der Waals surface area contributed by atoms with Crippen LogP contribution in [0.2, 0.25) is 0 Å². The standard InChI is InChI=1S/C18H23NO2/c1-12-8-13(2)10-18(9-12)11-15(20)19-17(21)16(18)14-6-4-3-5-7-14/h3-7,12-13,16H,8-11H2,1-2H3,(H,19,20,21). The molecule has 1 spiro atoms. The molecule has 1 aromatic rings. The number of benzene rings is 1. The second kappa shape index (κ2) is 5.28. The molecule has 1 saturated carbocycles. The van der Waals surface area contributed by atoms with Gasteiger partial charge in [-0.25, -0.2) is 0 Å². The molecular weight excluding hydrogens is 262 g/mol. The molecule has 3 atom stereocenters. The van der Waals surface area contributed by atoms with Crippen molar-refractivity contribution < 1.29 is 9.59 Å². The number of hydrogen-bond acceptors (Lipinski definition) is 2. The van der Waals surface area contributed by atoms with Gasteiger partial charge in [0.2, 0.25) is 11.8 Å². The summed E-state index contributed by atoms with van der Waals surface area (Å²) in [5, 5.41) is 2.55. The average molecular weight is 285 g/mol. The minimum atomic E-state index is -0.197. The fourth-order valence-electron chi connectivity index (χ4n) is 4.81. The Kier molecular flexibility index (Phi) is 3.60. The molecular formula is C18H23NO2. The summed E-state index contributed by atoms with van der Waals surface area (Å²) in [6.07, 6.45) is 3.61. The first-order valence-corrected chi connectivity index (χ1v) is 7.89. The van der Waals surface area contributed by atoms with Gasteiger partial charge in [-0.1, -0.05) is 44.2 Å². The van der Waals surface area contributed by atoms with E-state index in [9.17, 15) is 9.59 Å². The molecule has 3 rings (SSSR count). The topological polar surface area (TPSA) is 46.2 Å². The van der Waals surface area contributed by atoms with E-state index < -0.39 is 0 Å². The Hall–Kier alpha value is -1.64. The van der Waals surface area contributed by atoms with Crippen LogP contribution in [0.15, 0.2) is 30.3 Å². The molecule has 1 saturated heterocycles. The maximum atomic E-state index is 12.6. The van der Waals surface area contributed by atoms with Crippen molar-refractivity contribution in [1.82, 2.24) is 5.32 Å². The Morgan fingerprint density at radius 3 is 2.29 bits per heavy atom. The number of piperidine rings is 1. The van der Waals surface area contributed by atoms with Crippen LogP contribution in [0.3, 0.4) is 0 Å². The highest BCUT2D eigenvalue weighted by Gasteiger charge is 2.51. The molecule has 0 bridgehead atoms. The maximum Gasteiger partial charge on any atom is 0.234 e. The van der Waals surface area contributed by atoms with Gasteiger partial charge < -0.3 is 0 Å². The third kappa shape index (κ3) is 2.61. The molecule has 21 heavy (non-hydrogen) atoms. The summed E-state index contributed by atoms with van der Waals surface area (Å²) in [6, 6.07) is 9.95. The summed E-state index contributed by atoms with van der Waals surface area (Å²) in [4.78, 5) is 24.6. The molecule has 1 aromatic carbocycles. The lowest BCUT2D eigenvalue weighted by Crippen LogP contribution is -2.53. The molecule has 112 valence electrons. The van der Waals surface area contributed by atoms with Crippen molar-refractivity contribution in [2.75, 3.05) is 0 Å². The second-order valence-electron chi connectivity index (χ2n) is 7.15. The van der Waals surface area contributed by atoms with E-state index in [4.69, 9.17) is 0 Å². The number of carbonyl (C=O) groups excluding carboxylic acids is 2. The molecule has 3 unspecified atom stereocenters. The highest BCUT2D eigenvalue weighted by Crippen LogP contribution is 2.54. The van der Waals surface area contributed by atoms with E-state index in [1.807, 2.05) is 30.3 Å². The van der Waals surface area contributed by atoms with Crippen LogP contribution in [0.4, 0.5) is 0 Å². The highest BCUT2D eigenvalue weighted by atomic mass is 16.2. The number of rotatable bonds is 1. The first kappa shape index (κ1) is 14.3. The lowest BCUT2D eigenvalue weighted by Gasteiger charge is -2.49. The fourth-order valence-corrected chi connectivity index (χ4v) is 4.81. The van der Waals surface area contributed by atoms with Gasteiger partial charge >= 0.3 is 0 Å². The zero-order valence-electron chi connectivity index (χ0n) is 12.8. The van der Waals surface area contributed by atoms with Gasteiger partial charge in [0.15, 0.2) is 0 Å². The highest BCUT2D eigenvalue weighted by molar-refractivity contribution is 6.02. The predicted octanol–water partition coefficient (Wildman–Crippen LogP) is 3.26. The normalized spacial score (nSPS) is 36.6. The summed E-state index contributed by atoms with van der Waals surface area (Å²) in [7, 11) is 0. The van der Waals surface area contributed by atoms with Crippen molar-refractivity contribution in [2.24, 2.45) is 17.3 Å². The van der Waals surface area contributed by atoms with Gasteiger partial charge in [0.25, 0.3) is 0 Å². The van der Waals surface area contributed by atoms with Crippen LogP contribution in [0, 0.1) is 17.3 Å². The van der Waals surface area contributed by atoms with E-state index >= 15 is 0 Å². The van der Waals surface area contributed by atoms with E-state index in [1.165, 1.54) is 6.42 Å². The third-order valence-corrected chi connectivity index (χ3v) is 5.10. The van der Waals surface area contributed by atoms with Gasteiger partial charge in [0, 0.05) is 6.42 Å². The summed E-state index contributed by atoms with van der Waals surface area (Å²) in [5.41, 5.74) is 0.849. The third-order valence-electron chi connectivity index (χ3n) is 5.10. The summed E-state index contributed by atoms with van der Waals surface area (Å²) < 4.78 is 0. The van der Waals surface area contributed by atoms with E-state index in [0.29, 0.717) is 18.3 Å². The molecule has 3 nitrogen and oxygen atoms in total. The van der Waals surface area contributed by atoms with Crippen molar-refractivity contribution in [2.45, 2.75) is 45.4 Å². The largest absolute Gasteiger partial charge is 0.296 e. The van der Waals surface area contributed by atoms with Crippen LogP contribution >= 0.6 is 0 Å². The Morgan fingerprint density at radius 2 is 1.67 bits per heavy atom. The SMILES string of the molecule is CC1CC(C)CC2(CC(=O)NC(=O)C2c2ccccc2)C1. The number of imide groups is 1. The Labute approximate surface area is 126 Å². The minimum Gasteiger partial charge on any atom is -0.296 e. The zero-order chi connectivity index (χ0) is 15.0. The summed E-state index contributed by atoms with van der Waals surface area (Å²) in [5.74, 6) is 0.728. The van der Waals surface area contributed by atoms with Gasteiger partial charge in [-0.15, -0.1) is 0 Å². The minimum absolute atomic E-state index is 0.103. The van der Waals surface area contributed by atoms with Crippen molar-refractivity contribution in [1.29, 1.82) is 0 Å². The Balaban J connectivity index is 2.04. The van der Waals surface area contributed by atoms with Gasteiger partial charge in [0.1, 0.15) is 0 Å². The average Bonchev–Trinajstić information content (AvgIpc) is 2.37. The van der Waals surface area contributed by atoms with E-state index in [0.717, 1.165) is 18.4 Å². The molecule has 0 radical (unpaired) electrons. The van der Waals surface area contributed by atoms with Crippen LogP contribution in [0.5, 0.6) is 0 Å². The molecule has 3 heteroatoms. The molecule has 1 N–H and O–H groups in total. The van der Waals surface area contributed by atoms with E-state index in [1.54, 1.807) is 0 Å². The van der Waals surface area contributed by atoms with Crippen molar-refractivity contribution in [3.8, 4) is 0 Å². The molecule has 2 fully saturated rings. The molecule has 2 aliphatic rings. The molecule has 2 amide bonds. The van der Waals surface area contributed by atoms with Gasteiger partial charge in [-0.2, -0.15) is 0 Å². The van der Waals surface area contributed by atoms with Crippen LogP contribution in [-0.2, 0) is 9.59 Å². The first-order chi connectivity index (χ1) is 10.00. The van der Waals surface area contributed by atoms with Gasteiger partial charge in [0.05, 0.1) is 5.92 Å². The number of hydrogen-bond donors (Lipinski definition) is 1. The number of amides is 2.